The molecule has 0 unspecified atom stereocenters. The molecule has 8 nitrogen and oxygen atoms in total. The molecule has 3 N–H and O–H groups in total. The average Bonchev–Trinajstić information content (AvgIpc) is 3.00. The summed E-state index contributed by atoms with van der Waals surface area (Å²) in [7, 11) is 0. The SMILES string of the molecule is O=C(O)c1ccc(CN2C(=O)NC3(CCNCC3)C2=O)o1. The van der Waals surface area contributed by atoms with Crippen molar-refractivity contribution in [3.63, 3.8) is 0 Å². The highest BCUT2D eigenvalue weighted by Gasteiger charge is 2.51. The number of carbonyl (C=O) groups is 3. The fourth-order valence-electron chi connectivity index (χ4n) is 2.75. The van der Waals surface area contributed by atoms with Crippen molar-refractivity contribution >= 4 is 17.9 Å². The molecule has 0 saturated carbocycles. The monoisotopic (exact) mass is 293 g/mol. The Morgan fingerprint density at radius 2 is 2.05 bits per heavy atom. The lowest BCUT2D eigenvalue weighted by Crippen LogP contribution is -2.53. The first-order chi connectivity index (χ1) is 10.0. The number of nitrogens with zero attached hydrogens (tertiary/aromatic N) is 1. The predicted octanol–water partition coefficient (Wildman–Crippen LogP) is 0.152. The molecule has 2 aliphatic heterocycles. The number of rotatable bonds is 3. The summed E-state index contributed by atoms with van der Waals surface area (Å²) >= 11 is 0. The maximum atomic E-state index is 12.5. The van der Waals surface area contributed by atoms with Gasteiger partial charge >= 0.3 is 12.0 Å². The van der Waals surface area contributed by atoms with Crippen LogP contribution in [0.25, 0.3) is 0 Å². The molecule has 2 saturated heterocycles. The molecule has 1 aromatic heterocycles. The van der Waals surface area contributed by atoms with E-state index in [0.29, 0.717) is 25.9 Å². The molecule has 21 heavy (non-hydrogen) atoms. The van der Waals surface area contributed by atoms with Crippen LogP contribution in [0.3, 0.4) is 0 Å². The summed E-state index contributed by atoms with van der Waals surface area (Å²) in [6, 6.07) is 2.29. The number of nitrogens with one attached hydrogen (secondary N) is 2. The molecule has 0 radical (unpaired) electrons. The number of amides is 3. The van der Waals surface area contributed by atoms with Gasteiger partial charge in [0.05, 0.1) is 6.54 Å². The van der Waals surface area contributed by atoms with Gasteiger partial charge in [0.25, 0.3) is 5.91 Å². The Hall–Kier alpha value is -2.35. The van der Waals surface area contributed by atoms with Gasteiger partial charge in [-0.3, -0.25) is 9.69 Å². The van der Waals surface area contributed by atoms with E-state index >= 15 is 0 Å². The Morgan fingerprint density at radius 1 is 1.33 bits per heavy atom. The Kier molecular flexibility index (Phi) is 3.17. The molecular weight excluding hydrogens is 278 g/mol. The van der Waals surface area contributed by atoms with E-state index in [0.717, 1.165) is 4.90 Å². The third-order valence-electron chi connectivity index (χ3n) is 3.89. The summed E-state index contributed by atoms with van der Waals surface area (Å²) < 4.78 is 5.09. The predicted molar refractivity (Wildman–Crippen MR) is 69.6 cm³/mol. The number of hydrogen-bond acceptors (Lipinski definition) is 5. The highest BCUT2D eigenvalue weighted by molar-refractivity contribution is 6.07. The number of piperidine rings is 1. The van der Waals surface area contributed by atoms with E-state index < -0.39 is 17.5 Å². The minimum Gasteiger partial charge on any atom is -0.475 e. The van der Waals surface area contributed by atoms with Gasteiger partial charge in [-0.2, -0.15) is 0 Å². The minimum atomic E-state index is -1.19. The van der Waals surface area contributed by atoms with Crippen LogP contribution in [-0.4, -0.2) is 46.5 Å². The molecular formula is C13H15N3O5. The minimum absolute atomic E-state index is 0.0624. The van der Waals surface area contributed by atoms with Gasteiger partial charge in [0.1, 0.15) is 11.3 Å². The van der Waals surface area contributed by atoms with E-state index in [2.05, 4.69) is 10.6 Å². The van der Waals surface area contributed by atoms with E-state index in [4.69, 9.17) is 9.52 Å². The van der Waals surface area contributed by atoms with Crippen LogP contribution < -0.4 is 10.6 Å². The normalized spacial score (nSPS) is 20.9. The topological polar surface area (TPSA) is 112 Å². The molecule has 1 spiro atoms. The second-order valence-corrected chi connectivity index (χ2v) is 5.22. The molecule has 1 aromatic rings. The van der Waals surface area contributed by atoms with Crippen LogP contribution in [0.4, 0.5) is 4.79 Å². The maximum absolute atomic E-state index is 12.5. The molecule has 0 atom stereocenters. The molecule has 0 aliphatic carbocycles. The summed E-state index contributed by atoms with van der Waals surface area (Å²) in [6.45, 7) is 1.28. The molecule has 2 aliphatic rings. The zero-order valence-corrected chi connectivity index (χ0v) is 11.2. The fourth-order valence-corrected chi connectivity index (χ4v) is 2.75. The molecule has 112 valence electrons. The Morgan fingerprint density at radius 3 is 2.67 bits per heavy atom. The molecule has 3 heterocycles. The van der Waals surface area contributed by atoms with Crippen molar-refractivity contribution in [3.8, 4) is 0 Å². The number of hydrogen-bond donors (Lipinski definition) is 3. The molecule has 2 fully saturated rings. The molecule has 0 bridgehead atoms. The van der Waals surface area contributed by atoms with Crippen LogP contribution in [0.2, 0.25) is 0 Å². The van der Waals surface area contributed by atoms with Crippen molar-refractivity contribution in [2.24, 2.45) is 0 Å². The highest BCUT2D eigenvalue weighted by atomic mass is 16.4. The van der Waals surface area contributed by atoms with Crippen molar-refractivity contribution < 1.29 is 23.9 Å². The van der Waals surface area contributed by atoms with Crippen molar-refractivity contribution in [1.82, 2.24) is 15.5 Å². The third kappa shape index (κ3) is 2.27. The Balaban J connectivity index is 1.77. The van der Waals surface area contributed by atoms with E-state index in [9.17, 15) is 14.4 Å². The van der Waals surface area contributed by atoms with Gasteiger partial charge in [-0.05, 0) is 38.1 Å². The summed E-state index contributed by atoms with van der Waals surface area (Å²) in [4.78, 5) is 36.4. The Bertz CT molecular complexity index is 603. The number of carboxylic acids is 1. The van der Waals surface area contributed by atoms with Gasteiger partial charge in [0.2, 0.25) is 5.76 Å². The Labute approximate surface area is 120 Å². The number of aromatic carboxylic acids is 1. The number of furan rings is 1. The van der Waals surface area contributed by atoms with Crippen LogP contribution in [0.15, 0.2) is 16.5 Å². The molecule has 3 rings (SSSR count). The van der Waals surface area contributed by atoms with Gasteiger partial charge < -0.3 is 20.2 Å². The summed E-state index contributed by atoms with van der Waals surface area (Å²) in [6.07, 6.45) is 1.10. The fraction of sp³-hybridized carbons (Fsp3) is 0.462. The second kappa shape index (κ2) is 4.88. The van der Waals surface area contributed by atoms with Gasteiger partial charge in [-0.15, -0.1) is 0 Å². The van der Waals surface area contributed by atoms with Gasteiger partial charge in [-0.25, -0.2) is 9.59 Å². The number of imide groups is 1. The van der Waals surface area contributed by atoms with E-state index in [1.54, 1.807) is 0 Å². The largest absolute Gasteiger partial charge is 0.475 e. The maximum Gasteiger partial charge on any atom is 0.371 e. The number of carboxylic acid groups (broad SMARTS) is 1. The zero-order chi connectivity index (χ0) is 15.0. The van der Waals surface area contributed by atoms with Crippen LogP contribution in [0.5, 0.6) is 0 Å². The lowest BCUT2D eigenvalue weighted by Gasteiger charge is -2.30. The smallest absolute Gasteiger partial charge is 0.371 e. The first-order valence-electron chi connectivity index (χ1n) is 6.69. The molecule has 3 amide bonds. The summed E-state index contributed by atoms with van der Waals surface area (Å²) in [5.41, 5.74) is -0.829. The lowest BCUT2D eigenvalue weighted by atomic mass is 9.88. The van der Waals surface area contributed by atoms with Gasteiger partial charge in [0.15, 0.2) is 0 Å². The molecule has 0 aromatic carbocycles. The summed E-state index contributed by atoms with van der Waals surface area (Å²) in [5, 5.41) is 14.7. The number of urea groups is 1. The third-order valence-corrected chi connectivity index (χ3v) is 3.89. The number of carbonyl (C=O) groups excluding carboxylic acids is 2. The van der Waals surface area contributed by atoms with Crippen LogP contribution in [-0.2, 0) is 11.3 Å². The van der Waals surface area contributed by atoms with Gasteiger partial charge in [0, 0.05) is 0 Å². The van der Waals surface area contributed by atoms with Crippen molar-refractivity contribution in [3.05, 3.63) is 23.7 Å². The first kappa shape index (κ1) is 13.6. The summed E-state index contributed by atoms with van der Waals surface area (Å²) in [5.74, 6) is -1.41. The van der Waals surface area contributed by atoms with E-state index in [1.165, 1.54) is 12.1 Å². The van der Waals surface area contributed by atoms with Gasteiger partial charge in [-0.1, -0.05) is 0 Å². The lowest BCUT2D eigenvalue weighted by molar-refractivity contribution is -0.132. The van der Waals surface area contributed by atoms with Crippen molar-refractivity contribution in [2.45, 2.75) is 24.9 Å². The zero-order valence-electron chi connectivity index (χ0n) is 11.2. The van der Waals surface area contributed by atoms with Crippen LogP contribution in [0, 0.1) is 0 Å². The molecule has 8 heteroatoms. The van der Waals surface area contributed by atoms with Crippen molar-refractivity contribution in [2.75, 3.05) is 13.1 Å². The van der Waals surface area contributed by atoms with Crippen LogP contribution in [0.1, 0.15) is 29.2 Å². The highest BCUT2D eigenvalue weighted by Crippen LogP contribution is 2.28. The second-order valence-electron chi connectivity index (χ2n) is 5.22. The van der Waals surface area contributed by atoms with E-state index in [1.807, 2.05) is 0 Å². The van der Waals surface area contributed by atoms with Crippen molar-refractivity contribution in [1.29, 1.82) is 0 Å². The van der Waals surface area contributed by atoms with E-state index in [-0.39, 0.29) is 24.0 Å². The average molecular weight is 293 g/mol. The standard InChI is InChI=1S/C13H15N3O5/c17-10(18)9-2-1-8(21-9)7-16-11(19)13(15-12(16)20)3-5-14-6-4-13/h1-2,14H,3-7H2,(H,15,20)(H,17,18). The van der Waals surface area contributed by atoms with Crippen LogP contribution >= 0.6 is 0 Å². The first-order valence-corrected chi connectivity index (χ1v) is 6.69. The quantitative estimate of drug-likeness (QED) is 0.684.